The molecular weight excluding hydrogens is 476 g/mol. The van der Waals surface area contributed by atoms with Gasteiger partial charge >= 0.3 is 0 Å². The highest BCUT2D eigenvalue weighted by molar-refractivity contribution is 7.15. The van der Waals surface area contributed by atoms with Crippen LogP contribution >= 0.6 is 11.3 Å². The predicted molar refractivity (Wildman–Crippen MR) is 151 cm³/mol. The molecule has 0 unspecified atom stereocenters. The molecule has 1 aromatic carbocycles. The van der Waals surface area contributed by atoms with Gasteiger partial charge in [0.2, 0.25) is 0 Å². The second kappa shape index (κ2) is 9.23. The molecule has 5 aromatic heterocycles. The maximum absolute atomic E-state index is 5.03. The number of imidazole rings is 1. The van der Waals surface area contributed by atoms with E-state index in [9.17, 15) is 0 Å². The number of nitrogens with zero attached hydrogens (tertiary/aromatic N) is 4. The van der Waals surface area contributed by atoms with Gasteiger partial charge in [0, 0.05) is 33.3 Å². The highest BCUT2D eigenvalue weighted by Crippen LogP contribution is 2.35. The van der Waals surface area contributed by atoms with Crippen molar-refractivity contribution in [2.75, 3.05) is 0 Å². The Kier molecular flexibility index (Phi) is 5.58. The fraction of sp³-hybridized carbons (Fsp3) is 0.267. The molecule has 1 aliphatic carbocycles. The molecule has 5 heterocycles. The quantitative estimate of drug-likeness (QED) is 0.252. The molecule has 0 bridgehead atoms. The van der Waals surface area contributed by atoms with Crippen molar-refractivity contribution < 1.29 is 0 Å². The average molecular weight is 505 g/mol. The number of para-hydroxylation sites is 1. The number of fused-ring (bicyclic) bond motifs is 2. The first-order valence-corrected chi connectivity index (χ1v) is 13.9. The highest BCUT2D eigenvalue weighted by atomic mass is 32.1. The molecule has 1 aliphatic rings. The SMILES string of the molecule is Cc1ccc(-c2cccc3[nH]c(-c4n[nH]c5ccc(-c6cncc(CC7CCCCC7)c6)nc45)nc23)s1. The first-order valence-electron chi connectivity index (χ1n) is 13.1. The Bertz CT molecular complexity index is 1720. The zero-order chi connectivity index (χ0) is 24.8. The van der Waals surface area contributed by atoms with Gasteiger partial charge in [-0.15, -0.1) is 11.3 Å². The van der Waals surface area contributed by atoms with Crippen molar-refractivity contribution in [3.05, 3.63) is 71.4 Å². The minimum Gasteiger partial charge on any atom is -0.336 e. The van der Waals surface area contributed by atoms with Crippen molar-refractivity contribution in [3.63, 3.8) is 0 Å². The Morgan fingerprint density at radius 1 is 0.919 bits per heavy atom. The number of aryl methyl sites for hydroxylation is 1. The molecule has 6 aromatic rings. The van der Waals surface area contributed by atoms with Crippen LogP contribution in [0.25, 0.3) is 55.3 Å². The molecule has 1 saturated carbocycles. The van der Waals surface area contributed by atoms with E-state index in [-0.39, 0.29) is 0 Å². The van der Waals surface area contributed by atoms with E-state index in [1.165, 1.54) is 47.4 Å². The molecule has 1 fully saturated rings. The van der Waals surface area contributed by atoms with E-state index < -0.39 is 0 Å². The van der Waals surface area contributed by atoms with Crippen LogP contribution in [0.5, 0.6) is 0 Å². The number of thiophene rings is 1. The van der Waals surface area contributed by atoms with Crippen LogP contribution in [0.2, 0.25) is 0 Å². The summed E-state index contributed by atoms with van der Waals surface area (Å²) in [6, 6.07) is 16.9. The Labute approximate surface area is 219 Å². The molecular formula is C30H28N6S. The monoisotopic (exact) mass is 504 g/mol. The molecule has 37 heavy (non-hydrogen) atoms. The Balaban J connectivity index is 1.26. The van der Waals surface area contributed by atoms with E-state index >= 15 is 0 Å². The summed E-state index contributed by atoms with van der Waals surface area (Å²) in [6.07, 6.45) is 11.8. The van der Waals surface area contributed by atoms with Gasteiger partial charge in [0.25, 0.3) is 0 Å². The summed E-state index contributed by atoms with van der Waals surface area (Å²) in [5.41, 5.74) is 8.74. The zero-order valence-corrected chi connectivity index (χ0v) is 21.6. The molecule has 0 aliphatic heterocycles. The van der Waals surface area contributed by atoms with Gasteiger partial charge in [-0.05, 0) is 61.2 Å². The Morgan fingerprint density at radius 2 is 1.84 bits per heavy atom. The third-order valence-corrected chi connectivity index (χ3v) is 8.52. The molecule has 184 valence electrons. The molecule has 0 atom stereocenters. The molecule has 0 saturated heterocycles. The van der Waals surface area contributed by atoms with Crippen LogP contribution in [0.3, 0.4) is 0 Å². The van der Waals surface area contributed by atoms with E-state index in [0.29, 0.717) is 0 Å². The van der Waals surface area contributed by atoms with Crippen LogP contribution in [0.15, 0.2) is 60.9 Å². The van der Waals surface area contributed by atoms with Crippen molar-refractivity contribution in [1.29, 1.82) is 0 Å². The van der Waals surface area contributed by atoms with Gasteiger partial charge in [-0.3, -0.25) is 10.1 Å². The van der Waals surface area contributed by atoms with Gasteiger partial charge < -0.3 is 4.98 Å². The molecule has 2 N–H and O–H groups in total. The Morgan fingerprint density at radius 3 is 2.70 bits per heavy atom. The van der Waals surface area contributed by atoms with Crippen molar-refractivity contribution in [2.24, 2.45) is 5.92 Å². The average Bonchev–Trinajstić information content (AvgIpc) is 3.66. The topological polar surface area (TPSA) is 83.1 Å². The third kappa shape index (κ3) is 4.23. The number of aromatic nitrogens is 6. The van der Waals surface area contributed by atoms with E-state index in [0.717, 1.165) is 62.7 Å². The van der Waals surface area contributed by atoms with Gasteiger partial charge in [0.05, 0.1) is 22.2 Å². The van der Waals surface area contributed by atoms with E-state index in [2.05, 4.69) is 63.5 Å². The highest BCUT2D eigenvalue weighted by Gasteiger charge is 2.18. The summed E-state index contributed by atoms with van der Waals surface area (Å²) in [5, 5.41) is 7.74. The van der Waals surface area contributed by atoms with Crippen molar-refractivity contribution in [2.45, 2.75) is 45.4 Å². The van der Waals surface area contributed by atoms with Gasteiger partial charge in [0.15, 0.2) is 11.5 Å². The molecule has 0 spiro atoms. The standard InChI is InChI=1S/C30H28N6S/c1-18-10-13-26(37-18)22-8-5-9-24-27(22)34-30(33-24)29-28-25(35-36-29)12-11-23(32-28)21-15-20(16-31-17-21)14-19-6-3-2-4-7-19/h5,8-13,15-17,19H,2-4,6-7,14H2,1H3,(H,33,34)(H,35,36). The summed E-state index contributed by atoms with van der Waals surface area (Å²) in [7, 11) is 0. The van der Waals surface area contributed by atoms with Crippen LogP contribution in [0, 0.1) is 12.8 Å². The first-order chi connectivity index (χ1) is 18.2. The summed E-state index contributed by atoms with van der Waals surface area (Å²) >= 11 is 1.78. The van der Waals surface area contributed by atoms with Crippen LogP contribution in [-0.4, -0.2) is 30.1 Å². The lowest BCUT2D eigenvalue weighted by molar-refractivity contribution is 0.356. The summed E-state index contributed by atoms with van der Waals surface area (Å²) in [6.45, 7) is 2.13. The number of aromatic amines is 2. The maximum Gasteiger partial charge on any atom is 0.161 e. The van der Waals surface area contributed by atoms with Crippen molar-refractivity contribution >= 4 is 33.4 Å². The fourth-order valence-electron chi connectivity index (χ4n) is 5.61. The lowest BCUT2D eigenvalue weighted by Crippen LogP contribution is -2.09. The van der Waals surface area contributed by atoms with Crippen LogP contribution in [-0.2, 0) is 6.42 Å². The second-order valence-corrected chi connectivity index (χ2v) is 11.4. The number of H-pyrrole nitrogens is 2. The van der Waals surface area contributed by atoms with E-state index in [1.54, 1.807) is 11.3 Å². The van der Waals surface area contributed by atoms with E-state index in [4.69, 9.17) is 9.97 Å². The maximum atomic E-state index is 5.03. The number of pyridine rings is 2. The number of hydrogen-bond acceptors (Lipinski definition) is 5. The first kappa shape index (κ1) is 22.4. The largest absolute Gasteiger partial charge is 0.336 e. The molecule has 0 amide bonds. The number of nitrogens with one attached hydrogen (secondary N) is 2. The molecule has 7 heteroatoms. The van der Waals surface area contributed by atoms with Gasteiger partial charge in [0.1, 0.15) is 5.52 Å². The van der Waals surface area contributed by atoms with Crippen LogP contribution in [0.4, 0.5) is 0 Å². The number of hydrogen-bond donors (Lipinski definition) is 2. The summed E-state index contributed by atoms with van der Waals surface area (Å²) in [5.74, 6) is 1.49. The lowest BCUT2D eigenvalue weighted by Gasteiger charge is -2.21. The minimum atomic E-state index is 0.718. The normalized spacial score (nSPS) is 14.6. The van der Waals surface area contributed by atoms with Gasteiger partial charge in [-0.2, -0.15) is 5.10 Å². The smallest absolute Gasteiger partial charge is 0.161 e. The molecule has 0 radical (unpaired) electrons. The lowest BCUT2D eigenvalue weighted by atomic mass is 9.85. The molecule has 6 nitrogen and oxygen atoms in total. The minimum absolute atomic E-state index is 0.718. The van der Waals surface area contributed by atoms with Gasteiger partial charge in [-0.1, -0.05) is 44.2 Å². The Hall–Kier alpha value is -3.84. The van der Waals surface area contributed by atoms with Crippen molar-refractivity contribution in [1.82, 2.24) is 30.1 Å². The number of benzene rings is 1. The summed E-state index contributed by atoms with van der Waals surface area (Å²) in [4.78, 5) is 20.6. The number of rotatable bonds is 5. The van der Waals surface area contributed by atoms with Gasteiger partial charge in [-0.25, -0.2) is 9.97 Å². The predicted octanol–water partition coefficient (Wildman–Crippen LogP) is 7.72. The molecule has 7 rings (SSSR count). The van der Waals surface area contributed by atoms with E-state index in [1.807, 2.05) is 24.5 Å². The fourth-order valence-corrected chi connectivity index (χ4v) is 6.50. The third-order valence-electron chi connectivity index (χ3n) is 7.49. The summed E-state index contributed by atoms with van der Waals surface area (Å²) < 4.78 is 0. The van der Waals surface area contributed by atoms with Crippen LogP contribution < -0.4 is 0 Å². The zero-order valence-electron chi connectivity index (χ0n) is 20.8. The van der Waals surface area contributed by atoms with Crippen LogP contribution in [0.1, 0.15) is 42.5 Å². The van der Waals surface area contributed by atoms with Crippen molar-refractivity contribution in [3.8, 4) is 33.2 Å². The second-order valence-electron chi connectivity index (χ2n) is 10.2.